The maximum atomic E-state index is 2.39. The Hall–Kier alpha value is -5.70. The molecule has 0 fully saturated rings. The van der Waals surface area contributed by atoms with Gasteiger partial charge in [-0.1, -0.05) is 127 Å². The summed E-state index contributed by atoms with van der Waals surface area (Å²) in [6, 6.07) is 63.8. The number of rotatable bonds is 5. The van der Waals surface area contributed by atoms with E-state index in [0.717, 1.165) is 17.1 Å². The predicted molar refractivity (Wildman–Crippen MR) is 200 cm³/mol. The average Bonchev–Trinajstić information content (AvgIpc) is 3.51. The number of fused-ring (bicyclic) bond motifs is 7. The van der Waals surface area contributed by atoms with Crippen molar-refractivity contribution < 1.29 is 0 Å². The smallest absolute Gasteiger partial charge is 0.0468 e. The molecule has 0 N–H and O–H groups in total. The zero-order valence-electron chi connectivity index (χ0n) is 25.1. The number of hydrogen-bond donors (Lipinski definition) is 0. The highest BCUT2D eigenvalue weighted by molar-refractivity contribution is 7.26. The molecule has 0 saturated heterocycles. The van der Waals surface area contributed by atoms with Crippen LogP contribution in [0.25, 0.3) is 64.0 Å². The van der Waals surface area contributed by atoms with E-state index in [9.17, 15) is 0 Å². The van der Waals surface area contributed by atoms with E-state index in [-0.39, 0.29) is 0 Å². The number of benzene rings is 8. The van der Waals surface area contributed by atoms with Gasteiger partial charge in [0.05, 0.1) is 0 Å². The number of para-hydroxylation sites is 1. The second-order valence-electron chi connectivity index (χ2n) is 11.8. The van der Waals surface area contributed by atoms with Crippen LogP contribution in [-0.4, -0.2) is 0 Å². The van der Waals surface area contributed by atoms with E-state index >= 15 is 0 Å². The van der Waals surface area contributed by atoms with Gasteiger partial charge in [0.15, 0.2) is 0 Å². The van der Waals surface area contributed by atoms with Crippen molar-refractivity contribution in [2.75, 3.05) is 4.90 Å². The molecule has 9 aromatic rings. The molecular weight excluding hydrogens is 575 g/mol. The number of hydrogen-bond acceptors (Lipinski definition) is 2. The molecule has 0 spiro atoms. The lowest BCUT2D eigenvalue weighted by Gasteiger charge is -2.26. The molecule has 46 heavy (non-hydrogen) atoms. The molecule has 0 amide bonds. The number of thiophene rings is 1. The summed E-state index contributed by atoms with van der Waals surface area (Å²) >= 11 is 1.90. The predicted octanol–water partition coefficient (Wildman–Crippen LogP) is 13.2. The fourth-order valence-electron chi connectivity index (χ4n) is 6.80. The van der Waals surface area contributed by atoms with Crippen molar-refractivity contribution in [1.29, 1.82) is 0 Å². The minimum atomic E-state index is 1.13. The van der Waals surface area contributed by atoms with Gasteiger partial charge in [0, 0.05) is 42.6 Å². The van der Waals surface area contributed by atoms with Gasteiger partial charge < -0.3 is 4.90 Å². The first kappa shape index (κ1) is 26.7. The van der Waals surface area contributed by atoms with Crippen LogP contribution in [0.15, 0.2) is 176 Å². The highest BCUT2D eigenvalue weighted by atomic mass is 32.1. The Kier molecular flexibility index (Phi) is 6.40. The van der Waals surface area contributed by atoms with E-state index in [2.05, 4.69) is 181 Å². The minimum absolute atomic E-state index is 1.13. The van der Waals surface area contributed by atoms with Gasteiger partial charge >= 0.3 is 0 Å². The Bertz CT molecular complexity index is 2530. The van der Waals surface area contributed by atoms with Crippen molar-refractivity contribution in [1.82, 2.24) is 0 Å². The molecule has 9 rings (SSSR count). The lowest BCUT2D eigenvalue weighted by atomic mass is 9.98. The summed E-state index contributed by atoms with van der Waals surface area (Å²) < 4.78 is 2.69. The fourth-order valence-corrected chi connectivity index (χ4v) is 8.08. The Morgan fingerprint density at radius 1 is 0.348 bits per heavy atom. The molecule has 8 aromatic carbocycles. The fraction of sp³-hybridized carbons (Fsp3) is 0. The molecule has 2 heteroatoms. The van der Waals surface area contributed by atoms with Gasteiger partial charge in [0.25, 0.3) is 0 Å². The lowest BCUT2D eigenvalue weighted by Crippen LogP contribution is -2.09. The van der Waals surface area contributed by atoms with Gasteiger partial charge in [-0.05, 0) is 86.9 Å². The Morgan fingerprint density at radius 2 is 0.935 bits per heavy atom. The van der Waals surface area contributed by atoms with Crippen LogP contribution in [-0.2, 0) is 0 Å². The van der Waals surface area contributed by atoms with Crippen LogP contribution in [0.3, 0.4) is 0 Å². The van der Waals surface area contributed by atoms with Crippen LogP contribution < -0.4 is 4.90 Å². The molecule has 0 unspecified atom stereocenters. The number of anilines is 3. The quantitative estimate of drug-likeness (QED) is 0.177. The normalized spacial score (nSPS) is 11.5. The second-order valence-corrected chi connectivity index (χ2v) is 12.8. The van der Waals surface area contributed by atoms with E-state index in [1.807, 2.05) is 11.3 Å². The molecule has 0 aliphatic rings. The van der Waals surface area contributed by atoms with Crippen molar-refractivity contribution in [3.8, 4) is 22.3 Å². The van der Waals surface area contributed by atoms with E-state index in [1.54, 1.807) is 0 Å². The largest absolute Gasteiger partial charge is 0.310 e. The molecule has 216 valence electrons. The van der Waals surface area contributed by atoms with Crippen LogP contribution in [0, 0.1) is 0 Å². The maximum Gasteiger partial charge on any atom is 0.0468 e. The first-order valence-electron chi connectivity index (χ1n) is 15.7. The van der Waals surface area contributed by atoms with Crippen LogP contribution >= 0.6 is 11.3 Å². The van der Waals surface area contributed by atoms with Crippen LogP contribution in [0.4, 0.5) is 17.1 Å². The summed E-state index contributed by atoms with van der Waals surface area (Å²) in [6.07, 6.45) is 0. The van der Waals surface area contributed by atoms with Gasteiger partial charge in [0.2, 0.25) is 0 Å². The van der Waals surface area contributed by atoms with Crippen molar-refractivity contribution in [2.24, 2.45) is 0 Å². The molecule has 1 nitrogen and oxygen atoms in total. The monoisotopic (exact) mass is 603 g/mol. The van der Waals surface area contributed by atoms with Crippen molar-refractivity contribution in [2.45, 2.75) is 0 Å². The molecule has 0 bridgehead atoms. The maximum absolute atomic E-state index is 2.39. The number of nitrogens with zero attached hydrogens (tertiary/aromatic N) is 1. The van der Waals surface area contributed by atoms with Crippen molar-refractivity contribution in [3.63, 3.8) is 0 Å². The molecule has 0 aliphatic heterocycles. The third kappa shape index (κ3) is 4.54. The summed E-state index contributed by atoms with van der Waals surface area (Å²) in [5.74, 6) is 0. The molecule has 0 saturated carbocycles. The topological polar surface area (TPSA) is 3.24 Å². The van der Waals surface area contributed by atoms with E-state index in [4.69, 9.17) is 0 Å². The standard InChI is InChI=1S/C44H29NS/c1-3-11-30(12-4-1)33-13-9-14-34(27-33)35-15-10-18-37(28-35)45(36-16-5-2-6-17-36)38-25-23-31-21-22-32-24-26-40-39-19-7-8-20-42(39)46-44(40)43(32)41(31)29-38/h1-29H. The summed E-state index contributed by atoms with van der Waals surface area (Å²) in [4.78, 5) is 2.38. The highest BCUT2D eigenvalue weighted by Crippen LogP contribution is 2.43. The van der Waals surface area contributed by atoms with Crippen molar-refractivity contribution >= 4 is 70.1 Å². The highest BCUT2D eigenvalue weighted by Gasteiger charge is 2.16. The third-order valence-corrected chi connectivity index (χ3v) is 10.2. The van der Waals surface area contributed by atoms with Crippen molar-refractivity contribution in [3.05, 3.63) is 176 Å². The molecule has 0 atom stereocenters. The SMILES string of the molecule is c1ccc(-c2cccc(-c3cccc(N(c4ccccc4)c4ccc5ccc6ccc7c8ccccc8sc7c6c5c4)c3)c2)cc1. The summed E-state index contributed by atoms with van der Waals surface area (Å²) in [5, 5.41) is 7.79. The van der Waals surface area contributed by atoms with Gasteiger partial charge in [-0.2, -0.15) is 0 Å². The summed E-state index contributed by atoms with van der Waals surface area (Å²) in [5.41, 5.74) is 8.23. The lowest BCUT2D eigenvalue weighted by molar-refractivity contribution is 1.29. The molecular formula is C44H29NS. The van der Waals surface area contributed by atoms with E-state index in [0.29, 0.717) is 0 Å². The first-order chi connectivity index (χ1) is 22.8. The van der Waals surface area contributed by atoms with Gasteiger partial charge in [-0.15, -0.1) is 11.3 Å². The van der Waals surface area contributed by atoms with E-state index in [1.165, 1.54) is 64.0 Å². The van der Waals surface area contributed by atoms with Gasteiger partial charge in [-0.25, -0.2) is 0 Å². The zero-order chi connectivity index (χ0) is 30.5. The van der Waals surface area contributed by atoms with Gasteiger partial charge in [-0.3, -0.25) is 0 Å². The molecule has 1 heterocycles. The molecule has 1 aromatic heterocycles. The first-order valence-corrected chi connectivity index (χ1v) is 16.5. The van der Waals surface area contributed by atoms with Crippen LogP contribution in [0.5, 0.6) is 0 Å². The summed E-state index contributed by atoms with van der Waals surface area (Å²) in [7, 11) is 0. The third-order valence-electron chi connectivity index (χ3n) is 9.01. The summed E-state index contributed by atoms with van der Waals surface area (Å²) in [6.45, 7) is 0. The zero-order valence-corrected chi connectivity index (χ0v) is 25.9. The minimum Gasteiger partial charge on any atom is -0.310 e. The second kappa shape index (κ2) is 11.0. The average molecular weight is 604 g/mol. The van der Waals surface area contributed by atoms with Crippen LogP contribution in [0.2, 0.25) is 0 Å². The van der Waals surface area contributed by atoms with Crippen LogP contribution in [0.1, 0.15) is 0 Å². The molecule has 0 radical (unpaired) electrons. The van der Waals surface area contributed by atoms with Gasteiger partial charge in [0.1, 0.15) is 0 Å². The molecule has 0 aliphatic carbocycles. The Labute approximate surface area is 272 Å². The Balaban J connectivity index is 1.23. The van der Waals surface area contributed by atoms with E-state index < -0.39 is 0 Å². The Morgan fingerprint density at radius 3 is 1.78 bits per heavy atom.